The van der Waals surface area contributed by atoms with Crippen LogP contribution in [0, 0.1) is 16.0 Å². The average Bonchev–Trinajstić information content (AvgIpc) is 3.10. The van der Waals surface area contributed by atoms with Crippen LogP contribution in [0.4, 0.5) is 11.4 Å². The summed E-state index contributed by atoms with van der Waals surface area (Å²) in [5.74, 6) is 0.224. The summed E-state index contributed by atoms with van der Waals surface area (Å²) in [6.07, 6.45) is 1.06. The maximum Gasteiger partial charge on any atom is 0.273 e. The number of para-hydroxylation sites is 2. The molecule has 6 nitrogen and oxygen atoms in total. The molecule has 1 N–H and O–H groups in total. The lowest BCUT2D eigenvalue weighted by atomic mass is 10.1. The van der Waals surface area contributed by atoms with Gasteiger partial charge in [-0.2, -0.15) is 0 Å². The van der Waals surface area contributed by atoms with Crippen LogP contribution in [0.5, 0.6) is 0 Å². The highest BCUT2D eigenvalue weighted by atomic mass is 16.6. The van der Waals surface area contributed by atoms with E-state index in [0.717, 1.165) is 19.5 Å². The number of carbonyl (C=O) groups excluding carboxylic acids is 1. The number of nitro groups is 1. The van der Waals surface area contributed by atoms with Crippen molar-refractivity contribution >= 4 is 17.3 Å². The van der Waals surface area contributed by atoms with Crippen molar-refractivity contribution in [3.05, 3.63) is 70.3 Å². The Labute approximate surface area is 146 Å². The summed E-state index contributed by atoms with van der Waals surface area (Å²) in [6.45, 7) is 2.49. The quantitative estimate of drug-likeness (QED) is 0.649. The smallest absolute Gasteiger partial charge is 0.273 e. The van der Waals surface area contributed by atoms with Crippen molar-refractivity contribution in [2.24, 2.45) is 5.92 Å². The van der Waals surface area contributed by atoms with Gasteiger partial charge in [0, 0.05) is 37.0 Å². The topological polar surface area (TPSA) is 75.5 Å². The molecule has 0 aliphatic carbocycles. The van der Waals surface area contributed by atoms with Crippen molar-refractivity contribution in [3.63, 3.8) is 0 Å². The molecule has 1 heterocycles. The van der Waals surface area contributed by atoms with Gasteiger partial charge < -0.3 is 10.2 Å². The SMILES string of the molecule is O=C(Cc1ccccc1[N+](=O)[O-])NCC1CCN(c2ccccc2)C1. The first kappa shape index (κ1) is 17.0. The highest BCUT2D eigenvalue weighted by Crippen LogP contribution is 2.23. The van der Waals surface area contributed by atoms with E-state index in [1.165, 1.54) is 11.8 Å². The highest BCUT2D eigenvalue weighted by Gasteiger charge is 2.23. The number of rotatable bonds is 6. The lowest BCUT2D eigenvalue weighted by molar-refractivity contribution is -0.385. The predicted molar refractivity (Wildman–Crippen MR) is 96.6 cm³/mol. The first-order chi connectivity index (χ1) is 12.1. The number of anilines is 1. The van der Waals surface area contributed by atoms with Crippen molar-refractivity contribution in [3.8, 4) is 0 Å². The van der Waals surface area contributed by atoms with E-state index in [4.69, 9.17) is 0 Å². The molecule has 1 aliphatic rings. The molecule has 1 atom stereocenters. The number of carbonyl (C=O) groups is 1. The minimum Gasteiger partial charge on any atom is -0.371 e. The molecule has 3 rings (SSSR count). The van der Waals surface area contributed by atoms with Gasteiger partial charge in [0.1, 0.15) is 0 Å². The van der Waals surface area contributed by atoms with Crippen molar-refractivity contribution in [1.82, 2.24) is 5.32 Å². The molecule has 130 valence electrons. The van der Waals surface area contributed by atoms with Crippen LogP contribution in [0.1, 0.15) is 12.0 Å². The molecule has 0 aromatic heterocycles. The van der Waals surface area contributed by atoms with Crippen molar-refractivity contribution in [1.29, 1.82) is 0 Å². The summed E-state index contributed by atoms with van der Waals surface area (Å²) in [4.78, 5) is 25.0. The summed E-state index contributed by atoms with van der Waals surface area (Å²) in [5.41, 5.74) is 1.65. The van der Waals surface area contributed by atoms with Crippen molar-refractivity contribution in [2.45, 2.75) is 12.8 Å². The zero-order chi connectivity index (χ0) is 17.6. The van der Waals surface area contributed by atoms with Crippen LogP contribution in [0.3, 0.4) is 0 Å². The van der Waals surface area contributed by atoms with Gasteiger partial charge in [0.2, 0.25) is 5.91 Å². The number of amides is 1. The normalized spacial score (nSPS) is 16.6. The molecule has 6 heteroatoms. The molecule has 1 saturated heterocycles. The van der Waals surface area contributed by atoms with Gasteiger partial charge in [0.05, 0.1) is 11.3 Å². The molecule has 0 spiro atoms. The number of nitrogens with zero attached hydrogens (tertiary/aromatic N) is 2. The van der Waals surface area contributed by atoms with Gasteiger partial charge in [-0.25, -0.2) is 0 Å². The number of nitro benzene ring substituents is 1. The Morgan fingerprint density at radius 1 is 1.16 bits per heavy atom. The highest BCUT2D eigenvalue weighted by molar-refractivity contribution is 5.79. The molecule has 0 radical (unpaired) electrons. The van der Waals surface area contributed by atoms with Gasteiger partial charge in [0.25, 0.3) is 5.69 Å². The average molecular weight is 339 g/mol. The van der Waals surface area contributed by atoms with Crippen LogP contribution in [0.2, 0.25) is 0 Å². The minimum atomic E-state index is -0.447. The van der Waals surface area contributed by atoms with Gasteiger partial charge in [-0.05, 0) is 24.5 Å². The third-order valence-corrected chi connectivity index (χ3v) is 4.53. The molecular formula is C19H21N3O3. The molecule has 1 amide bonds. The van der Waals surface area contributed by atoms with Gasteiger partial charge in [-0.3, -0.25) is 14.9 Å². The second kappa shape index (κ2) is 7.79. The Hall–Kier alpha value is -2.89. The van der Waals surface area contributed by atoms with Crippen LogP contribution >= 0.6 is 0 Å². The largest absolute Gasteiger partial charge is 0.371 e. The van der Waals surface area contributed by atoms with E-state index in [1.54, 1.807) is 18.2 Å². The maximum absolute atomic E-state index is 12.1. The Balaban J connectivity index is 1.50. The third kappa shape index (κ3) is 4.35. The van der Waals surface area contributed by atoms with Crippen LogP contribution in [-0.2, 0) is 11.2 Å². The molecule has 2 aromatic carbocycles. The van der Waals surface area contributed by atoms with Crippen molar-refractivity contribution in [2.75, 3.05) is 24.5 Å². The Morgan fingerprint density at radius 2 is 1.88 bits per heavy atom. The van der Waals surface area contributed by atoms with Crippen LogP contribution in [0.25, 0.3) is 0 Å². The maximum atomic E-state index is 12.1. The number of nitrogens with one attached hydrogen (secondary N) is 1. The third-order valence-electron chi connectivity index (χ3n) is 4.53. The Morgan fingerprint density at radius 3 is 2.64 bits per heavy atom. The summed E-state index contributed by atoms with van der Waals surface area (Å²) in [6, 6.07) is 16.6. The van der Waals surface area contributed by atoms with Gasteiger partial charge in [-0.15, -0.1) is 0 Å². The number of hydrogen-bond acceptors (Lipinski definition) is 4. The molecule has 0 saturated carbocycles. The number of benzene rings is 2. The first-order valence-electron chi connectivity index (χ1n) is 8.42. The molecule has 1 aliphatic heterocycles. The second-order valence-corrected chi connectivity index (χ2v) is 6.30. The Bertz CT molecular complexity index is 749. The molecule has 0 bridgehead atoms. The summed E-state index contributed by atoms with van der Waals surface area (Å²) >= 11 is 0. The molecule has 1 fully saturated rings. The van der Waals surface area contributed by atoms with E-state index in [0.29, 0.717) is 18.0 Å². The van der Waals surface area contributed by atoms with E-state index in [9.17, 15) is 14.9 Å². The number of hydrogen-bond donors (Lipinski definition) is 1. The van der Waals surface area contributed by atoms with Crippen LogP contribution in [0.15, 0.2) is 54.6 Å². The van der Waals surface area contributed by atoms with Crippen molar-refractivity contribution < 1.29 is 9.72 Å². The van der Waals surface area contributed by atoms with E-state index in [-0.39, 0.29) is 18.0 Å². The molecular weight excluding hydrogens is 318 g/mol. The second-order valence-electron chi connectivity index (χ2n) is 6.30. The van der Waals surface area contributed by atoms with E-state index in [2.05, 4.69) is 22.3 Å². The predicted octanol–water partition coefficient (Wildman–Crippen LogP) is 2.78. The van der Waals surface area contributed by atoms with Crippen LogP contribution < -0.4 is 10.2 Å². The van der Waals surface area contributed by atoms with E-state index >= 15 is 0 Å². The Kier molecular flexibility index (Phi) is 5.28. The lowest BCUT2D eigenvalue weighted by Crippen LogP contribution is -2.32. The fraction of sp³-hybridized carbons (Fsp3) is 0.316. The van der Waals surface area contributed by atoms with Gasteiger partial charge in [0.15, 0.2) is 0 Å². The minimum absolute atomic E-state index is 0.00577. The first-order valence-corrected chi connectivity index (χ1v) is 8.42. The molecule has 25 heavy (non-hydrogen) atoms. The van der Waals surface area contributed by atoms with E-state index < -0.39 is 4.92 Å². The zero-order valence-corrected chi connectivity index (χ0v) is 13.9. The van der Waals surface area contributed by atoms with E-state index in [1.807, 2.05) is 18.2 Å². The lowest BCUT2D eigenvalue weighted by Gasteiger charge is -2.18. The molecule has 1 unspecified atom stereocenters. The zero-order valence-electron chi connectivity index (χ0n) is 13.9. The standard InChI is InChI=1S/C19H21N3O3/c23-19(12-16-6-4-5-9-18(16)22(24)25)20-13-15-10-11-21(14-15)17-7-2-1-3-8-17/h1-9,15H,10-14H2,(H,20,23). The van der Waals surface area contributed by atoms with Gasteiger partial charge in [-0.1, -0.05) is 36.4 Å². The fourth-order valence-electron chi connectivity index (χ4n) is 3.20. The fourth-order valence-corrected chi connectivity index (χ4v) is 3.20. The monoisotopic (exact) mass is 339 g/mol. The summed E-state index contributed by atoms with van der Waals surface area (Å²) in [5, 5.41) is 13.9. The molecule has 2 aromatic rings. The summed E-state index contributed by atoms with van der Waals surface area (Å²) < 4.78 is 0. The van der Waals surface area contributed by atoms with Gasteiger partial charge >= 0.3 is 0 Å². The summed E-state index contributed by atoms with van der Waals surface area (Å²) in [7, 11) is 0. The van der Waals surface area contributed by atoms with Crippen LogP contribution in [-0.4, -0.2) is 30.5 Å².